The van der Waals surface area contributed by atoms with Crippen molar-refractivity contribution < 1.29 is 31.9 Å². The minimum absolute atomic E-state index is 0.0366. The fraction of sp³-hybridized carbons (Fsp3) is 0.265. The standard InChI is InChI=1S/C20H25NO6S.C14H14O/c1-19(2,3)25-18(22)21-15-20(4,16-11-7-5-8-12-16)26-27-28(23,24)17-13-9-6-10-14-17;1-3-7-13(8-4-1)11-15-12-14-9-5-2-6-10-14/h5-14H,15H2,1-4H3,(H,21,22);1-10H,11-12H2. The lowest BCUT2D eigenvalue weighted by molar-refractivity contribution is -0.286. The lowest BCUT2D eigenvalue weighted by atomic mass is 9.96. The summed E-state index contributed by atoms with van der Waals surface area (Å²) in [6.45, 7) is 8.13. The SMILES string of the molecule is CC(C)(C)OC(=O)NCC(C)(OOS(=O)(=O)c1ccccc1)c1ccccc1.c1ccc(COCc2ccccc2)cc1. The van der Waals surface area contributed by atoms with Crippen LogP contribution in [0.25, 0.3) is 0 Å². The maximum Gasteiger partial charge on any atom is 0.407 e. The highest BCUT2D eigenvalue weighted by Gasteiger charge is 2.33. The Kier molecular flexibility index (Phi) is 12.5. The Morgan fingerprint density at radius 1 is 0.674 bits per heavy atom. The molecule has 0 aliphatic heterocycles. The van der Waals surface area contributed by atoms with Crippen molar-refractivity contribution in [3.63, 3.8) is 0 Å². The molecule has 0 aliphatic rings. The van der Waals surface area contributed by atoms with E-state index in [1.54, 1.807) is 70.2 Å². The quantitative estimate of drug-likeness (QED) is 0.143. The zero-order valence-electron chi connectivity index (χ0n) is 24.9. The number of benzene rings is 4. The molecule has 9 heteroatoms. The summed E-state index contributed by atoms with van der Waals surface area (Å²) in [5.74, 6) is 0. The van der Waals surface area contributed by atoms with Crippen molar-refractivity contribution in [1.29, 1.82) is 0 Å². The van der Waals surface area contributed by atoms with Gasteiger partial charge in [0.15, 0.2) is 0 Å². The molecule has 4 rings (SSSR count). The Labute approximate surface area is 254 Å². The monoisotopic (exact) mass is 605 g/mol. The van der Waals surface area contributed by atoms with Crippen LogP contribution in [0.1, 0.15) is 44.4 Å². The van der Waals surface area contributed by atoms with E-state index in [4.69, 9.17) is 18.7 Å². The minimum Gasteiger partial charge on any atom is -0.444 e. The van der Waals surface area contributed by atoms with E-state index < -0.39 is 27.4 Å². The number of hydrogen-bond acceptors (Lipinski definition) is 7. The zero-order valence-corrected chi connectivity index (χ0v) is 25.8. The first kappa shape index (κ1) is 33.5. The molecular formula is C34H39NO7S. The molecule has 0 fully saturated rings. The van der Waals surface area contributed by atoms with Gasteiger partial charge in [0.05, 0.1) is 24.7 Å². The predicted molar refractivity (Wildman–Crippen MR) is 165 cm³/mol. The molecule has 43 heavy (non-hydrogen) atoms. The first-order valence-electron chi connectivity index (χ1n) is 13.8. The number of ether oxygens (including phenoxy) is 2. The van der Waals surface area contributed by atoms with Crippen LogP contribution in [-0.2, 0) is 47.6 Å². The van der Waals surface area contributed by atoms with Gasteiger partial charge in [0.2, 0.25) is 0 Å². The molecule has 0 radical (unpaired) electrons. The lowest BCUT2D eigenvalue weighted by Crippen LogP contribution is -2.43. The molecular weight excluding hydrogens is 566 g/mol. The molecule has 1 atom stereocenters. The highest BCUT2D eigenvalue weighted by Crippen LogP contribution is 2.27. The lowest BCUT2D eigenvalue weighted by Gasteiger charge is -2.29. The van der Waals surface area contributed by atoms with Crippen LogP contribution in [0, 0.1) is 0 Å². The molecule has 228 valence electrons. The molecule has 0 saturated heterocycles. The number of carbonyl (C=O) groups is 1. The summed E-state index contributed by atoms with van der Waals surface area (Å²) in [5.41, 5.74) is 1.11. The first-order chi connectivity index (χ1) is 20.5. The molecule has 8 nitrogen and oxygen atoms in total. The Bertz CT molecular complexity index is 1440. The van der Waals surface area contributed by atoms with Gasteiger partial charge < -0.3 is 14.8 Å². The van der Waals surface area contributed by atoms with Crippen LogP contribution in [0.2, 0.25) is 0 Å². The topological polar surface area (TPSA) is 100 Å². The zero-order chi connectivity index (χ0) is 31.2. The summed E-state index contributed by atoms with van der Waals surface area (Å²) >= 11 is 0. The van der Waals surface area contributed by atoms with E-state index in [1.165, 1.54) is 23.3 Å². The highest BCUT2D eigenvalue weighted by molar-refractivity contribution is 7.86. The van der Waals surface area contributed by atoms with Gasteiger partial charge in [0, 0.05) is 0 Å². The predicted octanol–water partition coefficient (Wildman–Crippen LogP) is 7.17. The van der Waals surface area contributed by atoms with Gasteiger partial charge in [-0.3, -0.25) is 0 Å². The number of alkyl carbamates (subject to hydrolysis) is 1. The Balaban J connectivity index is 0.000000282. The van der Waals surface area contributed by atoms with E-state index in [1.807, 2.05) is 42.5 Å². The first-order valence-corrected chi connectivity index (χ1v) is 15.2. The van der Waals surface area contributed by atoms with Crippen LogP contribution in [0.15, 0.2) is 126 Å². The number of rotatable bonds is 11. The van der Waals surface area contributed by atoms with Crippen LogP contribution < -0.4 is 5.32 Å². The molecule has 4 aromatic carbocycles. The number of nitrogens with one attached hydrogen (secondary N) is 1. The van der Waals surface area contributed by atoms with Crippen molar-refractivity contribution in [1.82, 2.24) is 5.32 Å². The van der Waals surface area contributed by atoms with Crippen molar-refractivity contribution in [3.05, 3.63) is 138 Å². The number of amides is 1. The van der Waals surface area contributed by atoms with E-state index in [0.29, 0.717) is 18.8 Å². The van der Waals surface area contributed by atoms with E-state index in [2.05, 4.69) is 29.6 Å². The second-order valence-electron chi connectivity index (χ2n) is 10.8. The Hall–Kier alpha value is -4.02. The molecule has 1 amide bonds. The molecule has 1 unspecified atom stereocenters. The smallest absolute Gasteiger partial charge is 0.407 e. The summed E-state index contributed by atoms with van der Waals surface area (Å²) < 4.78 is 40.4. The van der Waals surface area contributed by atoms with Gasteiger partial charge in [-0.2, -0.15) is 8.42 Å². The fourth-order valence-corrected chi connectivity index (χ4v) is 4.52. The van der Waals surface area contributed by atoms with Crippen molar-refractivity contribution in [2.45, 2.75) is 57.0 Å². The van der Waals surface area contributed by atoms with Gasteiger partial charge in [-0.05, 0) is 56.5 Å². The molecule has 0 bridgehead atoms. The maximum atomic E-state index is 12.4. The Morgan fingerprint density at radius 3 is 1.58 bits per heavy atom. The summed E-state index contributed by atoms with van der Waals surface area (Å²) in [7, 11) is -4.14. The van der Waals surface area contributed by atoms with Gasteiger partial charge in [-0.25, -0.2) is 9.68 Å². The van der Waals surface area contributed by atoms with Crippen molar-refractivity contribution in [3.8, 4) is 0 Å². The van der Waals surface area contributed by atoms with E-state index in [9.17, 15) is 13.2 Å². The minimum atomic E-state index is -4.14. The van der Waals surface area contributed by atoms with Gasteiger partial charge in [0.1, 0.15) is 11.2 Å². The summed E-state index contributed by atoms with van der Waals surface area (Å²) in [4.78, 5) is 17.3. The van der Waals surface area contributed by atoms with Crippen molar-refractivity contribution >= 4 is 16.2 Å². The Morgan fingerprint density at radius 2 is 1.12 bits per heavy atom. The van der Waals surface area contributed by atoms with Crippen LogP contribution in [0.5, 0.6) is 0 Å². The van der Waals surface area contributed by atoms with Gasteiger partial charge in [0.25, 0.3) is 0 Å². The molecule has 1 N–H and O–H groups in total. The van der Waals surface area contributed by atoms with Crippen molar-refractivity contribution in [2.75, 3.05) is 6.54 Å². The van der Waals surface area contributed by atoms with Crippen LogP contribution in [0.4, 0.5) is 4.79 Å². The summed E-state index contributed by atoms with van der Waals surface area (Å²) in [6.07, 6.45) is -0.649. The normalized spacial score (nSPS) is 12.7. The van der Waals surface area contributed by atoms with Crippen LogP contribution >= 0.6 is 0 Å². The molecule has 0 aliphatic carbocycles. The van der Waals surface area contributed by atoms with Gasteiger partial charge >= 0.3 is 16.2 Å². The van der Waals surface area contributed by atoms with Crippen LogP contribution in [0.3, 0.4) is 0 Å². The third-order valence-corrected chi connectivity index (χ3v) is 7.01. The second kappa shape index (κ2) is 16.0. The number of hydrogen-bond donors (Lipinski definition) is 1. The largest absolute Gasteiger partial charge is 0.444 e. The molecule has 0 saturated carbocycles. The van der Waals surface area contributed by atoms with Gasteiger partial charge in [-0.15, -0.1) is 4.33 Å². The number of carbonyl (C=O) groups excluding carboxylic acids is 1. The van der Waals surface area contributed by atoms with Crippen molar-refractivity contribution in [2.24, 2.45) is 0 Å². The second-order valence-corrected chi connectivity index (χ2v) is 12.4. The van der Waals surface area contributed by atoms with E-state index in [-0.39, 0.29) is 11.4 Å². The average molecular weight is 606 g/mol. The van der Waals surface area contributed by atoms with Crippen LogP contribution in [-0.4, -0.2) is 26.7 Å². The third kappa shape index (κ3) is 12.0. The molecule has 4 aromatic rings. The molecule has 0 spiro atoms. The van der Waals surface area contributed by atoms with E-state index in [0.717, 1.165) is 0 Å². The molecule has 0 heterocycles. The fourth-order valence-electron chi connectivity index (χ4n) is 3.71. The van der Waals surface area contributed by atoms with Gasteiger partial charge in [-0.1, -0.05) is 109 Å². The maximum absolute atomic E-state index is 12.4. The third-order valence-electron chi connectivity index (χ3n) is 5.92. The summed E-state index contributed by atoms with van der Waals surface area (Å²) in [5, 5.41) is 2.59. The molecule has 0 aromatic heterocycles. The average Bonchev–Trinajstić information content (AvgIpc) is 3.01. The van der Waals surface area contributed by atoms with E-state index >= 15 is 0 Å². The highest BCUT2D eigenvalue weighted by atomic mass is 32.2. The summed E-state index contributed by atoms with van der Waals surface area (Å²) in [6, 6.07) is 36.9.